The molecule has 1 aliphatic heterocycles. The fourth-order valence-electron chi connectivity index (χ4n) is 3.02. The molecule has 2 aromatic rings. The van der Waals surface area contributed by atoms with E-state index in [0.29, 0.717) is 26.3 Å². The number of carbonyl (C=O) groups is 1. The van der Waals surface area contributed by atoms with Gasteiger partial charge in [-0.2, -0.15) is 0 Å². The fourth-order valence-corrected chi connectivity index (χ4v) is 3.02. The van der Waals surface area contributed by atoms with Crippen LogP contribution in [0.15, 0.2) is 24.4 Å². The summed E-state index contributed by atoms with van der Waals surface area (Å²) in [6, 6.07) is 5.88. The number of benzene rings is 1. The minimum absolute atomic E-state index is 0.138. The average Bonchev–Trinajstić information content (AvgIpc) is 2.98. The molecule has 1 N–H and O–H groups in total. The lowest BCUT2D eigenvalue weighted by molar-refractivity contribution is -0.140. The predicted molar refractivity (Wildman–Crippen MR) is 85.3 cm³/mol. The van der Waals surface area contributed by atoms with E-state index >= 15 is 0 Å². The van der Waals surface area contributed by atoms with E-state index in [4.69, 9.17) is 9.47 Å². The molecule has 1 saturated heterocycles. The monoisotopic (exact) mass is 302 g/mol. The van der Waals surface area contributed by atoms with Gasteiger partial charge < -0.3 is 19.4 Å². The smallest absolute Gasteiger partial charge is 0.232 e. The number of morpholine rings is 1. The van der Waals surface area contributed by atoms with E-state index in [0.717, 1.165) is 22.2 Å². The number of carbonyl (C=O) groups excluding carboxylic acids is 1. The van der Waals surface area contributed by atoms with Crippen LogP contribution in [0, 0.1) is 0 Å². The molecule has 2 heterocycles. The number of hydrogen-bond acceptors (Lipinski definition) is 3. The Kier molecular flexibility index (Phi) is 3.83. The molecule has 0 bridgehead atoms. The molecule has 0 saturated carbocycles. The van der Waals surface area contributed by atoms with Gasteiger partial charge >= 0.3 is 0 Å². The zero-order valence-electron chi connectivity index (χ0n) is 13.3. The highest BCUT2D eigenvalue weighted by atomic mass is 16.5. The number of aromatic nitrogens is 1. The van der Waals surface area contributed by atoms with Crippen molar-refractivity contribution in [1.29, 1.82) is 0 Å². The van der Waals surface area contributed by atoms with Crippen molar-refractivity contribution < 1.29 is 14.3 Å². The van der Waals surface area contributed by atoms with Gasteiger partial charge in [-0.25, -0.2) is 0 Å². The first-order valence-electron chi connectivity index (χ1n) is 7.57. The van der Waals surface area contributed by atoms with Crippen LogP contribution in [0.3, 0.4) is 0 Å². The molecule has 1 aliphatic rings. The number of H-pyrrole nitrogens is 1. The first-order valence-corrected chi connectivity index (χ1v) is 7.57. The lowest BCUT2D eigenvalue weighted by atomic mass is 9.82. The summed E-state index contributed by atoms with van der Waals surface area (Å²) in [5, 5.41) is 1.03. The van der Waals surface area contributed by atoms with E-state index in [1.165, 1.54) is 0 Å². The number of nitrogens with zero attached hydrogens (tertiary/aromatic N) is 1. The number of aromatic amines is 1. The molecule has 1 aromatic heterocycles. The van der Waals surface area contributed by atoms with Crippen LogP contribution in [-0.4, -0.2) is 49.2 Å². The van der Waals surface area contributed by atoms with E-state index in [2.05, 4.69) is 4.98 Å². The minimum atomic E-state index is -0.595. The standard InChI is InChI=1S/C17H22N2O3/c1-17(2,16(20)19-6-8-22-9-7-19)14-11-18-15-5-4-12(21-3)10-13(14)15/h4-5,10-11,18H,6-9H2,1-3H3. The Morgan fingerprint density at radius 2 is 2.05 bits per heavy atom. The number of amides is 1. The van der Waals surface area contributed by atoms with E-state index in [-0.39, 0.29) is 5.91 Å². The summed E-state index contributed by atoms with van der Waals surface area (Å²) in [6.07, 6.45) is 1.93. The quantitative estimate of drug-likeness (QED) is 0.946. The third-order valence-corrected chi connectivity index (χ3v) is 4.40. The van der Waals surface area contributed by atoms with Crippen molar-refractivity contribution in [2.75, 3.05) is 33.4 Å². The fraction of sp³-hybridized carbons (Fsp3) is 0.471. The summed E-state index contributed by atoms with van der Waals surface area (Å²) in [5.74, 6) is 0.933. The van der Waals surface area contributed by atoms with E-state index in [1.807, 2.05) is 43.1 Å². The maximum atomic E-state index is 12.9. The summed E-state index contributed by atoms with van der Waals surface area (Å²) in [7, 11) is 1.65. The van der Waals surface area contributed by atoms with Crippen LogP contribution in [0.25, 0.3) is 10.9 Å². The van der Waals surface area contributed by atoms with Crippen LogP contribution in [0.4, 0.5) is 0 Å². The zero-order chi connectivity index (χ0) is 15.7. The second-order valence-corrected chi connectivity index (χ2v) is 6.14. The number of fused-ring (bicyclic) bond motifs is 1. The van der Waals surface area contributed by atoms with Crippen molar-refractivity contribution in [2.45, 2.75) is 19.3 Å². The van der Waals surface area contributed by atoms with Crippen LogP contribution in [0.5, 0.6) is 5.75 Å². The van der Waals surface area contributed by atoms with Gasteiger partial charge in [0, 0.05) is 30.2 Å². The molecule has 3 rings (SSSR count). The molecule has 1 amide bonds. The lowest BCUT2D eigenvalue weighted by Crippen LogP contribution is -2.48. The number of ether oxygens (including phenoxy) is 2. The summed E-state index contributed by atoms with van der Waals surface area (Å²) >= 11 is 0. The lowest BCUT2D eigenvalue weighted by Gasteiger charge is -2.34. The normalized spacial score (nSPS) is 16.0. The van der Waals surface area contributed by atoms with Gasteiger partial charge in [-0.05, 0) is 37.6 Å². The maximum Gasteiger partial charge on any atom is 0.232 e. The molecule has 5 heteroatoms. The predicted octanol–water partition coefficient (Wildman–Crippen LogP) is 2.31. The molecule has 118 valence electrons. The molecule has 5 nitrogen and oxygen atoms in total. The minimum Gasteiger partial charge on any atom is -0.497 e. The van der Waals surface area contributed by atoms with Crippen molar-refractivity contribution in [1.82, 2.24) is 9.88 Å². The largest absolute Gasteiger partial charge is 0.497 e. The van der Waals surface area contributed by atoms with Crippen LogP contribution >= 0.6 is 0 Å². The number of nitrogens with one attached hydrogen (secondary N) is 1. The molecule has 22 heavy (non-hydrogen) atoms. The molecule has 0 radical (unpaired) electrons. The Balaban J connectivity index is 1.98. The van der Waals surface area contributed by atoms with Crippen LogP contribution in [-0.2, 0) is 14.9 Å². The Morgan fingerprint density at radius 1 is 1.32 bits per heavy atom. The van der Waals surface area contributed by atoms with Crippen molar-refractivity contribution in [3.63, 3.8) is 0 Å². The van der Waals surface area contributed by atoms with Crippen molar-refractivity contribution in [3.8, 4) is 5.75 Å². The number of methoxy groups -OCH3 is 1. The summed E-state index contributed by atoms with van der Waals surface area (Å²) in [4.78, 5) is 18.1. The third-order valence-electron chi connectivity index (χ3n) is 4.40. The van der Waals surface area contributed by atoms with Crippen LogP contribution < -0.4 is 4.74 Å². The highest BCUT2D eigenvalue weighted by Crippen LogP contribution is 2.34. The Labute approximate surface area is 130 Å². The van der Waals surface area contributed by atoms with Crippen molar-refractivity contribution in [3.05, 3.63) is 30.0 Å². The van der Waals surface area contributed by atoms with E-state index in [9.17, 15) is 4.79 Å². The van der Waals surface area contributed by atoms with Gasteiger partial charge in [-0.15, -0.1) is 0 Å². The molecule has 0 aliphatic carbocycles. The van der Waals surface area contributed by atoms with Crippen molar-refractivity contribution >= 4 is 16.8 Å². The van der Waals surface area contributed by atoms with Crippen molar-refractivity contribution in [2.24, 2.45) is 0 Å². The highest BCUT2D eigenvalue weighted by Gasteiger charge is 2.36. The second-order valence-electron chi connectivity index (χ2n) is 6.14. The molecular weight excluding hydrogens is 280 g/mol. The van der Waals surface area contributed by atoms with E-state index in [1.54, 1.807) is 7.11 Å². The van der Waals surface area contributed by atoms with Gasteiger partial charge in [0.2, 0.25) is 5.91 Å². The summed E-state index contributed by atoms with van der Waals surface area (Å²) in [6.45, 7) is 6.51. The molecule has 0 atom stereocenters. The molecule has 1 aromatic carbocycles. The van der Waals surface area contributed by atoms with Gasteiger partial charge in [0.25, 0.3) is 0 Å². The van der Waals surface area contributed by atoms with Gasteiger partial charge in [0.05, 0.1) is 25.7 Å². The second kappa shape index (κ2) is 5.65. The molecule has 1 fully saturated rings. The van der Waals surface area contributed by atoms with Gasteiger partial charge in [0.1, 0.15) is 5.75 Å². The molecular formula is C17H22N2O3. The van der Waals surface area contributed by atoms with Gasteiger partial charge in [-0.3, -0.25) is 4.79 Å². The third kappa shape index (κ3) is 2.46. The molecule has 0 unspecified atom stereocenters. The first kappa shape index (κ1) is 14.9. The Bertz CT molecular complexity index is 684. The zero-order valence-corrected chi connectivity index (χ0v) is 13.3. The van der Waals surface area contributed by atoms with E-state index < -0.39 is 5.41 Å². The summed E-state index contributed by atoms with van der Waals surface area (Å²) < 4.78 is 10.6. The Morgan fingerprint density at radius 3 is 2.73 bits per heavy atom. The SMILES string of the molecule is COc1ccc2[nH]cc(C(C)(C)C(=O)N3CCOCC3)c2c1. The van der Waals surface area contributed by atoms with Gasteiger partial charge in [0.15, 0.2) is 0 Å². The summed E-state index contributed by atoms with van der Waals surface area (Å²) in [5.41, 5.74) is 1.42. The molecule has 0 spiro atoms. The highest BCUT2D eigenvalue weighted by molar-refractivity contribution is 5.95. The topological polar surface area (TPSA) is 54.6 Å². The average molecular weight is 302 g/mol. The maximum absolute atomic E-state index is 12.9. The van der Waals surface area contributed by atoms with Crippen LogP contribution in [0.1, 0.15) is 19.4 Å². The van der Waals surface area contributed by atoms with Gasteiger partial charge in [-0.1, -0.05) is 0 Å². The number of hydrogen-bond donors (Lipinski definition) is 1. The first-order chi connectivity index (χ1) is 10.5. The Hall–Kier alpha value is -2.01. The number of rotatable bonds is 3. The van der Waals surface area contributed by atoms with Crippen LogP contribution in [0.2, 0.25) is 0 Å².